The second-order valence-electron chi connectivity index (χ2n) is 0.758. The van der Waals surface area contributed by atoms with Gasteiger partial charge in [-0.15, -0.1) is 0 Å². The summed E-state index contributed by atoms with van der Waals surface area (Å²) >= 11 is 4.55. The summed E-state index contributed by atoms with van der Waals surface area (Å²) in [7, 11) is 4.76. The molecule has 0 saturated carbocycles. The molecular weight excluding hydrogens is 342 g/mol. The van der Waals surface area contributed by atoms with Crippen LogP contribution in [0.25, 0.3) is 0 Å². The molecule has 0 N–H and O–H groups in total. The molecule has 0 bridgehead atoms. The molecule has 0 aromatic heterocycles. The van der Waals surface area contributed by atoms with Crippen LogP contribution in [-0.4, -0.2) is 4.83 Å². The molecule has 0 aliphatic rings. The van der Waals surface area contributed by atoms with E-state index in [4.69, 9.17) is 9.69 Å². The maximum atomic E-state index is 11.3. The van der Waals surface area contributed by atoms with Crippen molar-refractivity contribution in [3.05, 3.63) is 5.08 Å². The summed E-state index contributed by atoms with van der Waals surface area (Å²) in [6.07, 6.45) is 0. The zero-order valence-corrected chi connectivity index (χ0v) is 10.9. The third kappa shape index (κ3) is 9.66. The van der Waals surface area contributed by atoms with Crippen LogP contribution in [-0.2, 0) is 17.3 Å². The van der Waals surface area contributed by atoms with Gasteiger partial charge in [0.25, 0.3) is 0 Å². The first-order chi connectivity index (χ1) is 3.94. The van der Waals surface area contributed by atoms with Crippen LogP contribution >= 0.6 is 41.6 Å². The van der Waals surface area contributed by atoms with Crippen molar-refractivity contribution in [2.75, 3.05) is 0 Å². The first-order valence-corrected chi connectivity index (χ1v) is 6.95. The summed E-state index contributed by atoms with van der Waals surface area (Å²) < 4.78 is 33.9. The zero-order chi connectivity index (χ0) is 8.08. The van der Waals surface area contributed by atoms with Crippen LogP contribution in [0.3, 0.4) is 0 Å². The van der Waals surface area contributed by atoms with E-state index in [0.717, 1.165) is 17.3 Å². The summed E-state index contributed by atoms with van der Waals surface area (Å²) in [6.45, 7) is 0. The molecule has 0 fully saturated rings. The summed E-state index contributed by atoms with van der Waals surface area (Å²) in [4.78, 5) is -3.52. The van der Waals surface area contributed by atoms with Crippen LogP contribution < -0.4 is 0 Å². The zero-order valence-electron chi connectivity index (χ0n) is 3.97. The molecule has 0 nitrogen and oxygen atoms in total. The van der Waals surface area contributed by atoms with Gasteiger partial charge in [-0.05, 0) is 21.0 Å². The van der Waals surface area contributed by atoms with Crippen LogP contribution in [0.5, 0.6) is 0 Å². The van der Waals surface area contributed by atoms with Gasteiger partial charge in [-0.1, -0.05) is 0 Å². The fraction of sp³-hybridized carbons (Fsp3) is 0.500. The molecule has 0 heterocycles. The topological polar surface area (TPSA) is 0 Å². The summed E-state index contributed by atoms with van der Waals surface area (Å²) in [5.74, 6) is 0. The molecule has 0 unspecified atom stereocenters. The first kappa shape index (κ1) is 13.3. The molecular formula is C2Br2ClF3Zn. The van der Waals surface area contributed by atoms with E-state index < -0.39 is 9.91 Å². The number of alkyl halides is 3. The Morgan fingerprint density at radius 2 is 1.56 bits per heavy atom. The van der Waals surface area contributed by atoms with Gasteiger partial charge in [0.05, 0.1) is 0 Å². The molecule has 7 heteroatoms. The average molecular weight is 342 g/mol. The Kier molecular flexibility index (Phi) is 9.40. The Balaban J connectivity index is 0. The van der Waals surface area contributed by atoms with E-state index in [2.05, 4.69) is 0 Å². The van der Waals surface area contributed by atoms with Gasteiger partial charge in [0.2, 0.25) is 4.83 Å². The van der Waals surface area contributed by atoms with E-state index in [1.165, 1.54) is 0 Å². The third-order valence-corrected chi connectivity index (χ3v) is 1.59. The number of halogens is 6. The predicted octanol–water partition coefficient (Wildman–Crippen LogP) is 3.51. The molecule has 0 rings (SSSR count). The van der Waals surface area contributed by atoms with Gasteiger partial charge in [-0.25, -0.2) is 8.78 Å². The number of hydrogen-bond acceptors (Lipinski definition) is 0. The van der Waals surface area contributed by atoms with E-state index in [0.29, 0.717) is 0 Å². The number of rotatable bonds is 1. The van der Waals surface area contributed by atoms with Gasteiger partial charge in [-0.2, -0.15) is 0 Å². The van der Waals surface area contributed by atoms with Gasteiger partial charge in [-0.3, -0.25) is 15.9 Å². The van der Waals surface area contributed by atoms with Gasteiger partial charge >= 0.3 is 27.0 Å². The van der Waals surface area contributed by atoms with E-state index in [9.17, 15) is 13.2 Å². The number of hydrogen-bond donors (Lipinski definition) is 0. The minimum atomic E-state index is -3.52. The third-order valence-electron chi connectivity index (χ3n) is 0.214. The molecule has 0 aliphatic carbocycles. The summed E-state index contributed by atoms with van der Waals surface area (Å²) in [6, 6.07) is 0. The van der Waals surface area contributed by atoms with Gasteiger partial charge < -0.3 is 4.39 Å². The molecule has 0 amide bonds. The van der Waals surface area contributed by atoms with Crippen LogP contribution in [0, 0.1) is 5.08 Å². The maximum absolute atomic E-state index is 11.3. The Hall–Kier alpha value is 1.66. The van der Waals surface area contributed by atoms with Gasteiger partial charge in [0.1, 0.15) is 0 Å². The van der Waals surface area contributed by atoms with E-state index in [1.54, 1.807) is 15.9 Å². The normalized spacial score (nSPS) is 10.8. The van der Waals surface area contributed by atoms with Gasteiger partial charge in [0.15, 0.2) is 0 Å². The fourth-order valence-electron chi connectivity index (χ4n) is 0. The van der Waals surface area contributed by atoms with E-state index in [1.807, 2.05) is 15.9 Å². The molecule has 0 spiro atoms. The van der Waals surface area contributed by atoms with Crippen molar-refractivity contribution in [2.45, 2.75) is 4.83 Å². The molecule has 0 saturated heterocycles. The predicted molar refractivity (Wildman–Crippen MR) is 33.0 cm³/mol. The van der Waals surface area contributed by atoms with E-state index in [-0.39, 0.29) is 0 Å². The van der Waals surface area contributed by atoms with Crippen molar-refractivity contribution in [1.82, 2.24) is 0 Å². The molecule has 0 atom stereocenters. The Bertz CT molecular complexity index is 65.3. The molecule has 9 heavy (non-hydrogen) atoms. The quantitative estimate of drug-likeness (QED) is 0.389. The summed E-state index contributed by atoms with van der Waals surface area (Å²) in [5.41, 5.74) is 0. The Morgan fingerprint density at radius 1 is 1.44 bits per heavy atom. The van der Waals surface area contributed by atoms with Crippen LogP contribution in [0.2, 0.25) is 0 Å². The molecule has 0 radical (unpaired) electrons. The molecule has 0 aliphatic heterocycles. The van der Waals surface area contributed by atoms with Crippen molar-refractivity contribution < 1.29 is 30.5 Å². The minimum absolute atomic E-state index is 0.847. The van der Waals surface area contributed by atoms with Crippen molar-refractivity contribution >= 4 is 41.6 Å². The Morgan fingerprint density at radius 3 is 1.56 bits per heavy atom. The first-order valence-electron chi connectivity index (χ1n) is 1.46. The van der Waals surface area contributed by atoms with Crippen molar-refractivity contribution in [2.24, 2.45) is 0 Å². The summed E-state index contributed by atoms with van der Waals surface area (Å²) in [5, 5.41) is -1.61. The van der Waals surface area contributed by atoms with Crippen LogP contribution in [0.1, 0.15) is 0 Å². The van der Waals surface area contributed by atoms with Crippen LogP contribution in [0.15, 0.2) is 0 Å². The van der Waals surface area contributed by atoms with Gasteiger partial charge in [0, 0.05) is 0 Å². The second kappa shape index (κ2) is 6.38. The Labute approximate surface area is 81.5 Å². The SMILES string of the molecule is F[C-](Br)C(F)(F)Br.[Cl][Zn+]. The second-order valence-corrected chi connectivity index (χ2v) is 2.45. The standard InChI is InChI=1S/C2Br2F3.ClH.Zn/c3-1(5)2(4,6)7;;/h;1H;/q-1;;+2/p-1. The van der Waals surface area contributed by atoms with Crippen molar-refractivity contribution in [3.63, 3.8) is 0 Å². The monoisotopic (exact) mass is 338 g/mol. The van der Waals surface area contributed by atoms with Crippen molar-refractivity contribution in [1.29, 1.82) is 0 Å². The fourth-order valence-corrected chi connectivity index (χ4v) is 0. The van der Waals surface area contributed by atoms with Crippen LogP contribution in [0.4, 0.5) is 13.2 Å². The molecule has 0 aromatic carbocycles. The van der Waals surface area contributed by atoms with Crippen molar-refractivity contribution in [3.8, 4) is 0 Å². The molecule has 52 valence electrons. The molecule has 0 aromatic rings. The van der Waals surface area contributed by atoms with E-state index >= 15 is 0 Å². The average Bonchev–Trinajstić information content (AvgIpc) is 1.69.